The summed E-state index contributed by atoms with van der Waals surface area (Å²) in [5.41, 5.74) is 0. The lowest BCUT2D eigenvalue weighted by atomic mass is 10.0. The Hall–Kier alpha value is -0.180. The maximum Gasteiger partial charge on any atom is 0.307 e. The third-order valence-corrected chi connectivity index (χ3v) is 6.93. The van der Waals surface area contributed by atoms with Crippen molar-refractivity contribution in [2.24, 2.45) is 5.92 Å². The van der Waals surface area contributed by atoms with Gasteiger partial charge in [0.2, 0.25) is 0 Å². The maximum absolute atomic E-state index is 11.5. The number of carbonyl (C=O) groups is 1. The molecule has 0 aliphatic heterocycles. The molecule has 0 aromatic heterocycles. The average Bonchev–Trinajstić information content (AvgIpc) is 2.68. The van der Waals surface area contributed by atoms with Gasteiger partial charge in [0.05, 0.1) is 5.92 Å². The topological polar surface area (TPSA) is 37.3 Å². The van der Waals surface area contributed by atoms with Crippen molar-refractivity contribution in [3.63, 3.8) is 0 Å². The molecule has 0 aromatic carbocycles. The molecular formula is C25H50O2S. The highest BCUT2D eigenvalue weighted by Gasteiger charge is 2.16. The van der Waals surface area contributed by atoms with Crippen molar-refractivity contribution in [2.75, 3.05) is 11.5 Å². The Morgan fingerprint density at radius 2 is 1.04 bits per heavy atom. The zero-order valence-corrected chi connectivity index (χ0v) is 20.0. The van der Waals surface area contributed by atoms with E-state index in [0.717, 1.165) is 24.3 Å². The van der Waals surface area contributed by atoms with Crippen LogP contribution in [0, 0.1) is 5.92 Å². The number of carboxylic acid groups (broad SMARTS) is 1. The van der Waals surface area contributed by atoms with Crippen LogP contribution in [0.25, 0.3) is 0 Å². The standard InChI is InChI=1S/C25H50O2S/c1-3-5-7-9-11-12-13-14-15-16-17-19-21-24(25(26)27)23-28-22-20-18-10-8-6-4-2/h24H,3-23H2,1-2H3,(H,26,27). The van der Waals surface area contributed by atoms with Gasteiger partial charge in [-0.05, 0) is 18.6 Å². The van der Waals surface area contributed by atoms with E-state index in [-0.39, 0.29) is 5.92 Å². The van der Waals surface area contributed by atoms with Gasteiger partial charge in [0.25, 0.3) is 0 Å². The second-order valence-corrected chi connectivity index (χ2v) is 9.71. The summed E-state index contributed by atoms with van der Waals surface area (Å²) in [4.78, 5) is 11.5. The second kappa shape index (κ2) is 23.1. The van der Waals surface area contributed by atoms with E-state index in [2.05, 4.69) is 13.8 Å². The van der Waals surface area contributed by atoms with Crippen molar-refractivity contribution < 1.29 is 9.90 Å². The SMILES string of the molecule is CCCCCCCCCCCCCCC(CSCCCCCCCC)C(=O)O. The molecule has 0 radical (unpaired) electrons. The maximum atomic E-state index is 11.5. The van der Waals surface area contributed by atoms with Crippen LogP contribution >= 0.6 is 11.8 Å². The highest BCUT2D eigenvalue weighted by molar-refractivity contribution is 7.99. The second-order valence-electron chi connectivity index (χ2n) is 8.56. The summed E-state index contributed by atoms with van der Waals surface area (Å²) in [6.45, 7) is 4.52. The van der Waals surface area contributed by atoms with Gasteiger partial charge in [-0.3, -0.25) is 4.79 Å². The van der Waals surface area contributed by atoms with Crippen LogP contribution in [0.1, 0.15) is 136 Å². The zero-order valence-electron chi connectivity index (χ0n) is 19.2. The van der Waals surface area contributed by atoms with Gasteiger partial charge in [0.15, 0.2) is 0 Å². The molecule has 0 bridgehead atoms. The summed E-state index contributed by atoms with van der Waals surface area (Å²) in [7, 11) is 0. The first kappa shape index (κ1) is 27.8. The fourth-order valence-electron chi connectivity index (χ4n) is 3.72. The highest BCUT2D eigenvalue weighted by Crippen LogP contribution is 2.19. The van der Waals surface area contributed by atoms with Gasteiger partial charge < -0.3 is 5.11 Å². The van der Waals surface area contributed by atoms with Crippen LogP contribution in [0.5, 0.6) is 0 Å². The van der Waals surface area contributed by atoms with Crippen LogP contribution in [0.3, 0.4) is 0 Å². The molecule has 0 saturated carbocycles. The van der Waals surface area contributed by atoms with Crippen LogP contribution < -0.4 is 0 Å². The molecular weight excluding hydrogens is 364 g/mol. The molecule has 0 heterocycles. The molecule has 0 saturated heterocycles. The first-order chi connectivity index (χ1) is 13.7. The fraction of sp³-hybridized carbons (Fsp3) is 0.960. The Morgan fingerprint density at radius 1 is 0.643 bits per heavy atom. The first-order valence-electron chi connectivity index (χ1n) is 12.5. The van der Waals surface area contributed by atoms with Gasteiger partial charge in [-0.2, -0.15) is 11.8 Å². The van der Waals surface area contributed by atoms with Crippen LogP contribution in [-0.4, -0.2) is 22.6 Å². The van der Waals surface area contributed by atoms with E-state index < -0.39 is 5.97 Å². The van der Waals surface area contributed by atoms with Gasteiger partial charge in [-0.1, -0.05) is 123 Å². The molecule has 0 aromatic rings. The summed E-state index contributed by atoms with van der Waals surface area (Å²) in [5, 5.41) is 9.44. The van der Waals surface area contributed by atoms with E-state index in [0.29, 0.717) is 0 Å². The molecule has 3 heteroatoms. The van der Waals surface area contributed by atoms with E-state index in [4.69, 9.17) is 0 Å². The summed E-state index contributed by atoms with van der Waals surface area (Å²) < 4.78 is 0. The Kier molecular flexibility index (Phi) is 23.0. The predicted octanol–water partition coefficient (Wildman–Crippen LogP) is 8.87. The third-order valence-electron chi connectivity index (χ3n) is 5.72. The van der Waals surface area contributed by atoms with E-state index in [1.165, 1.54) is 109 Å². The molecule has 0 spiro atoms. The van der Waals surface area contributed by atoms with E-state index in [1.807, 2.05) is 11.8 Å². The minimum absolute atomic E-state index is 0.131. The van der Waals surface area contributed by atoms with Gasteiger partial charge in [-0.25, -0.2) is 0 Å². The predicted molar refractivity (Wildman–Crippen MR) is 128 cm³/mol. The molecule has 28 heavy (non-hydrogen) atoms. The van der Waals surface area contributed by atoms with Crippen molar-refractivity contribution in [3.05, 3.63) is 0 Å². The molecule has 0 rings (SSSR count). The van der Waals surface area contributed by atoms with Gasteiger partial charge in [-0.15, -0.1) is 0 Å². The summed E-state index contributed by atoms with van der Waals surface area (Å²) in [5.74, 6) is 1.23. The number of hydrogen-bond donors (Lipinski definition) is 1. The van der Waals surface area contributed by atoms with Crippen LogP contribution in [0.4, 0.5) is 0 Å². The minimum atomic E-state index is -0.585. The largest absolute Gasteiger partial charge is 0.481 e. The summed E-state index contributed by atoms with van der Waals surface area (Å²) >= 11 is 1.86. The molecule has 0 amide bonds. The van der Waals surface area contributed by atoms with Crippen molar-refractivity contribution >= 4 is 17.7 Å². The van der Waals surface area contributed by atoms with Crippen molar-refractivity contribution in [1.29, 1.82) is 0 Å². The molecule has 0 aliphatic rings. The average molecular weight is 415 g/mol. The summed E-state index contributed by atoms with van der Waals surface area (Å²) in [6.07, 6.45) is 24.8. The fourth-order valence-corrected chi connectivity index (χ4v) is 4.89. The lowest BCUT2D eigenvalue weighted by Gasteiger charge is -2.12. The number of unbranched alkanes of at least 4 members (excludes halogenated alkanes) is 16. The number of thioether (sulfide) groups is 1. The molecule has 1 atom stereocenters. The third kappa shape index (κ3) is 20.6. The van der Waals surface area contributed by atoms with Gasteiger partial charge in [0, 0.05) is 5.75 Å². The number of carboxylic acids is 1. The smallest absolute Gasteiger partial charge is 0.307 e. The minimum Gasteiger partial charge on any atom is -0.481 e. The van der Waals surface area contributed by atoms with Crippen molar-refractivity contribution in [3.8, 4) is 0 Å². The van der Waals surface area contributed by atoms with Crippen molar-refractivity contribution in [1.82, 2.24) is 0 Å². The molecule has 1 unspecified atom stereocenters. The molecule has 168 valence electrons. The Labute approximate surface area is 181 Å². The molecule has 0 aliphatic carbocycles. The number of hydrogen-bond acceptors (Lipinski definition) is 2. The summed E-state index contributed by atoms with van der Waals surface area (Å²) in [6, 6.07) is 0. The van der Waals surface area contributed by atoms with Crippen LogP contribution in [0.15, 0.2) is 0 Å². The first-order valence-corrected chi connectivity index (χ1v) is 13.7. The molecule has 0 fully saturated rings. The number of rotatable bonds is 23. The van der Waals surface area contributed by atoms with Crippen LogP contribution in [-0.2, 0) is 4.79 Å². The Bertz CT molecular complexity index is 320. The lowest BCUT2D eigenvalue weighted by molar-refractivity contribution is -0.141. The quantitative estimate of drug-likeness (QED) is 0.170. The lowest BCUT2D eigenvalue weighted by Crippen LogP contribution is -2.16. The normalized spacial score (nSPS) is 12.4. The monoisotopic (exact) mass is 414 g/mol. The highest BCUT2D eigenvalue weighted by atomic mass is 32.2. The zero-order chi connectivity index (χ0) is 20.7. The molecule has 2 nitrogen and oxygen atoms in total. The van der Waals surface area contributed by atoms with Gasteiger partial charge in [0.1, 0.15) is 0 Å². The number of aliphatic carboxylic acids is 1. The Balaban J connectivity index is 3.43. The van der Waals surface area contributed by atoms with Crippen LogP contribution in [0.2, 0.25) is 0 Å². The van der Waals surface area contributed by atoms with Gasteiger partial charge >= 0.3 is 5.97 Å². The van der Waals surface area contributed by atoms with E-state index in [1.54, 1.807) is 0 Å². The molecule has 1 N–H and O–H groups in total. The van der Waals surface area contributed by atoms with E-state index >= 15 is 0 Å². The Morgan fingerprint density at radius 3 is 1.46 bits per heavy atom. The van der Waals surface area contributed by atoms with E-state index in [9.17, 15) is 9.90 Å². The van der Waals surface area contributed by atoms with Crippen molar-refractivity contribution in [2.45, 2.75) is 136 Å².